The van der Waals surface area contributed by atoms with E-state index in [1.807, 2.05) is 0 Å². The lowest BCUT2D eigenvalue weighted by molar-refractivity contribution is -0.153. The van der Waals surface area contributed by atoms with E-state index in [9.17, 15) is 14.3 Å². The van der Waals surface area contributed by atoms with Crippen molar-refractivity contribution in [1.82, 2.24) is 4.90 Å². The van der Waals surface area contributed by atoms with Crippen LogP contribution in [0.1, 0.15) is 43.4 Å². The van der Waals surface area contributed by atoms with Crippen molar-refractivity contribution in [2.75, 3.05) is 19.7 Å². The lowest BCUT2D eigenvalue weighted by Gasteiger charge is -2.26. The highest BCUT2D eigenvalue weighted by Crippen LogP contribution is 2.20. The molecule has 4 nitrogen and oxygen atoms in total. The first kappa shape index (κ1) is 15.9. The van der Waals surface area contributed by atoms with Gasteiger partial charge in [-0.3, -0.25) is 4.90 Å². The first-order valence-electron chi connectivity index (χ1n) is 7.47. The Morgan fingerprint density at radius 2 is 2.10 bits per heavy atom. The van der Waals surface area contributed by atoms with Crippen LogP contribution in [-0.4, -0.2) is 35.7 Å². The molecule has 1 fully saturated rings. The van der Waals surface area contributed by atoms with Crippen LogP contribution >= 0.6 is 0 Å². The maximum atomic E-state index is 14.1. The van der Waals surface area contributed by atoms with E-state index in [2.05, 4.69) is 4.90 Å². The quantitative estimate of drug-likeness (QED) is 0.848. The maximum absolute atomic E-state index is 14.1. The van der Waals surface area contributed by atoms with Gasteiger partial charge in [-0.2, -0.15) is 0 Å². The Balaban J connectivity index is 2.04. The standard InChI is InChI=1S/C16H22FNO3/c1-2-21-16(20)15(19)12-6-7-13(14(17)10-12)11-18-8-4-3-5-9-18/h6-7,10,15,19H,2-5,8-9,11H2,1H3. The van der Waals surface area contributed by atoms with Crippen molar-refractivity contribution in [1.29, 1.82) is 0 Å². The second kappa shape index (κ2) is 7.52. The van der Waals surface area contributed by atoms with E-state index in [0.29, 0.717) is 12.1 Å². The molecule has 0 radical (unpaired) electrons. The van der Waals surface area contributed by atoms with E-state index in [0.717, 1.165) is 25.9 Å². The van der Waals surface area contributed by atoms with Crippen LogP contribution in [0.5, 0.6) is 0 Å². The molecule has 1 aromatic carbocycles. The molecule has 1 aromatic rings. The number of ether oxygens (including phenoxy) is 1. The number of aliphatic hydroxyl groups excluding tert-OH is 1. The fraction of sp³-hybridized carbons (Fsp3) is 0.562. The summed E-state index contributed by atoms with van der Waals surface area (Å²) in [7, 11) is 0. The summed E-state index contributed by atoms with van der Waals surface area (Å²) in [5.41, 5.74) is 0.824. The Kier molecular flexibility index (Phi) is 5.70. The highest BCUT2D eigenvalue weighted by molar-refractivity contribution is 5.76. The normalized spacial score (nSPS) is 17.5. The van der Waals surface area contributed by atoms with E-state index in [-0.39, 0.29) is 18.0 Å². The van der Waals surface area contributed by atoms with E-state index < -0.39 is 12.1 Å². The van der Waals surface area contributed by atoms with Crippen LogP contribution in [0, 0.1) is 5.82 Å². The first-order chi connectivity index (χ1) is 10.1. The Bertz CT molecular complexity index is 486. The van der Waals surface area contributed by atoms with Gasteiger partial charge in [0.1, 0.15) is 5.82 Å². The molecule has 0 aliphatic carbocycles. The molecule has 0 aromatic heterocycles. The van der Waals surface area contributed by atoms with Crippen LogP contribution in [0.15, 0.2) is 18.2 Å². The SMILES string of the molecule is CCOC(=O)C(O)c1ccc(CN2CCCCC2)c(F)c1. The summed E-state index contributed by atoms with van der Waals surface area (Å²) in [5.74, 6) is -1.14. The number of benzene rings is 1. The van der Waals surface area contributed by atoms with Crippen molar-refractivity contribution in [3.05, 3.63) is 35.1 Å². The number of hydrogen-bond donors (Lipinski definition) is 1. The van der Waals surface area contributed by atoms with Gasteiger partial charge in [0.15, 0.2) is 6.10 Å². The number of likely N-dealkylation sites (tertiary alicyclic amines) is 1. The summed E-state index contributed by atoms with van der Waals surface area (Å²) in [4.78, 5) is 13.7. The number of nitrogens with zero attached hydrogens (tertiary/aromatic N) is 1. The van der Waals surface area contributed by atoms with Gasteiger partial charge in [0, 0.05) is 12.1 Å². The Morgan fingerprint density at radius 3 is 2.71 bits per heavy atom. The van der Waals surface area contributed by atoms with Gasteiger partial charge < -0.3 is 9.84 Å². The van der Waals surface area contributed by atoms with Gasteiger partial charge in [0.25, 0.3) is 0 Å². The number of carbonyl (C=O) groups excluding carboxylic acids is 1. The molecular formula is C16H22FNO3. The van der Waals surface area contributed by atoms with Gasteiger partial charge in [-0.05, 0) is 44.5 Å². The lowest BCUT2D eigenvalue weighted by Crippen LogP contribution is -2.29. The Labute approximate surface area is 124 Å². The van der Waals surface area contributed by atoms with Crippen LogP contribution in [0.3, 0.4) is 0 Å². The predicted octanol–water partition coefficient (Wildman–Crippen LogP) is 2.41. The number of halogens is 1. The third-order valence-corrected chi connectivity index (χ3v) is 3.75. The van der Waals surface area contributed by atoms with Crippen LogP contribution < -0.4 is 0 Å². The van der Waals surface area contributed by atoms with Crippen molar-refractivity contribution < 1.29 is 19.0 Å². The summed E-state index contributed by atoms with van der Waals surface area (Å²) in [5, 5.41) is 9.81. The summed E-state index contributed by atoms with van der Waals surface area (Å²) >= 11 is 0. The van der Waals surface area contributed by atoms with E-state index in [1.165, 1.54) is 12.5 Å². The second-order valence-corrected chi connectivity index (χ2v) is 5.34. The fourth-order valence-electron chi connectivity index (χ4n) is 2.58. The van der Waals surface area contributed by atoms with Crippen molar-refractivity contribution in [2.24, 2.45) is 0 Å². The van der Waals surface area contributed by atoms with Crippen LogP contribution in [0.2, 0.25) is 0 Å². The van der Waals surface area contributed by atoms with Crippen LogP contribution in [-0.2, 0) is 16.1 Å². The van der Waals surface area contributed by atoms with Crippen molar-refractivity contribution in [3.8, 4) is 0 Å². The topological polar surface area (TPSA) is 49.8 Å². The number of aliphatic hydroxyl groups is 1. The predicted molar refractivity (Wildman–Crippen MR) is 77.1 cm³/mol. The molecule has 1 unspecified atom stereocenters. The first-order valence-corrected chi connectivity index (χ1v) is 7.47. The second-order valence-electron chi connectivity index (χ2n) is 5.34. The highest BCUT2D eigenvalue weighted by Gasteiger charge is 2.20. The number of hydrogen-bond acceptors (Lipinski definition) is 4. The molecule has 1 heterocycles. The third-order valence-electron chi connectivity index (χ3n) is 3.75. The molecule has 5 heteroatoms. The van der Waals surface area contributed by atoms with Gasteiger partial charge in [-0.1, -0.05) is 18.6 Å². The van der Waals surface area contributed by atoms with Gasteiger partial charge >= 0.3 is 5.97 Å². The fourth-order valence-corrected chi connectivity index (χ4v) is 2.58. The van der Waals surface area contributed by atoms with Gasteiger partial charge in [-0.25, -0.2) is 9.18 Å². The number of esters is 1. The molecular weight excluding hydrogens is 273 g/mol. The Morgan fingerprint density at radius 1 is 1.38 bits per heavy atom. The minimum Gasteiger partial charge on any atom is -0.464 e. The molecule has 1 atom stereocenters. The van der Waals surface area contributed by atoms with Gasteiger partial charge in [-0.15, -0.1) is 0 Å². The molecule has 116 valence electrons. The minimum absolute atomic E-state index is 0.186. The summed E-state index contributed by atoms with van der Waals surface area (Å²) in [6, 6.07) is 4.45. The summed E-state index contributed by atoms with van der Waals surface area (Å²) < 4.78 is 18.9. The molecule has 21 heavy (non-hydrogen) atoms. The maximum Gasteiger partial charge on any atom is 0.339 e. The molecule has 1 aliphatic rings. The highest BCUT2D eigenvalue weighted by atomic mass is 19.1. The number of piperidine rings is 1. The van der Waals surface area contributed by atoms with E-state index in [4.69, 9.17) is 4.74 Å². The zero-order chi connectivity index (χ0) is 15.2. The van der Waals surface area contributed by atoms with E-state index in [1.54, 1.807) is 19.1 Å². The van der Waals surface area contributed by atoms with Gasteiger partial charge in [0.2, 0.25) is 0 Å². The molecule has 1 saturated heterocycles. The monoisotopic (exact) mass is 295 g/mol. The largest absolute Gasteiger partial charge is 0.464 e. The number of carbonyl (C=O) groups is 1. The minimum atomic E-state index is -1.43. The Hall–Kier alpha value is -1.46. The number of rotatable bonds is 5. The summed E-state index contributed by atoms with van der Waals surface area (Å²) in [6.45, 7) is 4.40. The zero-order valence-electron chi connectivity index (χ0n) is 12.3. The molecule has 0 spiro atoms. The molecule has 2 rings (SSSR count). The van der Waals surface area contributed by atoms with E-state index >= 15 is 0 Å². The van der Waals surface area contributed by atoms with Crippen LogP contribution in [0.25, 0.3) is 0 Å². The van der Waals surface area contributed by atoms with Crippen molar-refractivity contribution in [2.45, 2.75) is 38.8 Å². The lowest BCUT2D eigenvalue weighted by atomic mass is 10.0. The molecule has 0 bridgehead atoms. The molecule has 1 aliphatic heterocycles. The van der Waals surface area contributed by atoms with Crippen molar-refractivity contribution >= 4 is 5.97 Å². The van der Waals surface area contributed by atoms with Crippen molar-refractivity contribution in [3.63, 3.8) is 0 Å². The molecule has 1 N–H and O–H groups in total. The molecule has 0 saturated carbocycles. The van der Waals surface area contributed by atoms with Gasteiger partial charge in [0.05, 0.1) is 6.61 Å². The average molecular weight is 295 g/mol. The zero-order valence-corrected chi connectivity index (χ0v) is 12.3. The average Bonchev–Trinajstić information content (AvgIpc) is 2.50. The smallest absolute Gasteiger partial charge is 0.339 e. The molecule has 0 amide bonds. The summed E-state index contributed by atoms with van der Waals surface area (Å²) in [6.07, 6.45) is 2.12. The van der Waals surface area contributed by atoms with Crippen LogP contribution in [0.4, 0.5) is 4.39 Å². The third kappa shape index (κ3) is 4.25.